The molecule has 1 N–H and O–H groups in total. The van der Waals surface area contributed by atoms with Gasteiger partial charge in [0.15, 0.2) is 0 Å². The van der Waals surface area contributed by atoms with Crippen LogP contribution in [0.15, 0.2) is 12.5 Å². The summed E-state index contributed by atoms with van der Waals surface area (Å²) in [5, 5.41) is 3.30. The molecule has 0 bridgehead atoms. The minimum absolute atomic E-state index is 0.0583. The molecule has 110 valence electrons. The molecular formula is C14H23N5O. The van der Waals surface area contributed by atoms with Crippen molar-refractivity contribution in [2.45, 2.75) is 25.4 Å². The van der Waals surface area contributed by atoms with Gasteiger partial charge in [-0.3, -0.25) is 9.69 Å². The Morgan fingerprint density at radius 3 is 2.90 bits per heavy atom. The van der Waals surface area contributed by atoms with Gasteiger partial charge in [0.05, 0.1) is 18.1 Å². The number of imidazole rings is 1. The summed E-state index contributed by atoms with van der Waals surface area (Å²) in [6, 6.07) is 0.0583. The van der Waals surface area contributed by atoms with Crippen LogP contribution in [0, 0.1) is 0 Å². The first-order chi connectivity index (χ1) is 9.75. The third-order valence-corrected chi connectivity index (χ3v) is 4.36. The van der Waals surface area contributed by atoms with E-state index in [1.165, 1.54) is 5.69 Å². The highest BCUT2D eigenvalue weighted by Gasteiger charge is 2.34. The predicted octanol–water partition coefficient (Wildman–Crippen LogP) is -0.184. The minimum atomic E-state index is 0.0583. The van der Waals surface area contributed by atoms with E-state index in [1.807, 2.05) is 29.0 Å². The summed E-state index contributed by atoms with van der Waals surface area (Å²) in [5.41, 5.74) is 1.17. The first-order valence-electron chi connectivity index (χ1n) is 7.44. The van der Waals surface area contributed by atoms with E-state index in [1.54, 1.807) is 0 Å². The Balaban J connectivity index is 1.65. The number of carbonyl (C=O) groups excluding carboxylic acids is 1. The molecule has 0 aromatic carbocycles. The molecular weight excluding hydrogens is 254 g/mol. The van der Waals surface area contributed by atoms with E-state index in [0.717, 1.165) is 52.1 Å². The fourth-order valence-corrected chi connectivity index (χ4v) is 3.14. The van der Waals surface area contributed by atoms with Gasteiger partial charge in [-0.15, -0.1) is 0 Å². The highest BCUT2D eigenvalue weighted by molar-refractivity contribution is 5.82. The number of hydrogen-bond acceptors (Lipinski definition) is 4. The van der Waals surface area contributed by atoms with Crippen LogP contribution in [0.5, 0.6) is 0 Å². The Morgan fingerprint density at radius 1 is 1.40 bits per heavy atom. The van der Waals surface area contributed by atoms with E-state index >= 15 is 0 Å². The molecule has 0 radical (unpaired) electrons. The average molecular weight is 277 g/mol. The quantitative estimate of drug-likeness (QED) is 0.832. The molecule has 1 atom stereocenters. The van der Waals surface area contributed by atoms with Crippen molar-refractivity contribution in [2.24, 2.45) is 7.05 Å². The van der Waals surface area contributed by atoms with Crippen LogP contribution in [0.3, 0.4) is 0 Å². The van der Waals surface area contributed by atoms with Crippen molar-refractivity contribution in [2.75, 3.05) is 32.7 Å². The molecule has 3 heterocycles. The van der Waals surface area contributed by atoms with Gasteiger partial charge in [-0.2, -0.15) is 0 Å². The van der Waals surface area contributed by atoms with Crippen LogP contribution in [0.2, 0.25) is 0 Å². The molecule has 0 aliphatic carbocycles. The number of nitrogens with zero attached hydrogens (tertiary/aromatic N) is 4. The van der Waals surface area contributed by atoms with E-state index in [9.17, 15) is 4.79 Å². The lowest BCUT2D eigenvalue weighted by Crippen LogP contribution is -2.52. The largest absolute Gasteiger partial charge is 0.339 e. The highest BCUT2D eigenvalue weighted by Crippen LogP contribution is 2.21. The molecule has 1 aromatic rings. The molecule has 1 amide bonds. The molecule has 0 saturated carbocycles. The first-order valence-corrected chi connectivity index (χ1v) is 7.44. The van der Waals surface area contributed by atoms with Gasteiger partial charge >= 0.3 is 0 Å². The Hall–Kier alpha value is -1.40. The zero-order valence-corrected chi connectivity index (χ0v) is 12.1. The molecule has 2 aliphatic heterocycles. The van der Waals surface area contributed by atoms with Crippen LogP contribution in [-0.2, 0) is 18.4 Å². The molecule has 20 heavy (non-hydrogen) atoms. The maximum Gasteiger partial charge on any atom is 0.240 e. The third-order valence-electron chi connectivity index (χ3n) is 4.36. The van der Waals surface area contributed by atoms with Gasteiger partial charge in [-0.05, 0) is 19.4 Å². The maximum absolute atomic E-state index is 12.7. The maximum atomic E-state index is 12.7. The lowest BCUT2D eigenvalue weighted by atomic mass is 10.1. The summed E-state index contributed by atoms with van der Waals surface area (Å²) in [6.45, 7) is 5.34. The summed E-state index contributed by atoms with van der Waals surface area (Å²) in [4.78, 5) is 21.1. The van der Waals surface area contributed by atoms with E-state index in [-0.39, 0.29) is 6.04 Å². The molecule has 2 saturated heterocycles. The zero-order chi connectivity index (χ0) is 13.9. The second kappa shape index (κ2) is 5.93. The van der Waals surface area contributed by atoms with Gasteiger partial charge in [0.25, 0.3) is 0 Å². The monoisotopic (exact) mass is 277 g/mol. The first kappa shape index (κ1) is 13.6. The molecule has 6 nitrogen and oxygen atoms in total. The van der Waals surface area contributed by atoms with Crippen LogP contribution in [0.1, 0.15) is 18.5 Å². The Morgan fingerprint density at radius 2 is 2.20 bits per heavy atom. The smallest absolute Gasteiger partial charge is 0.240 e. The summed E-state index contributed by atoms with van der Waals surface area (Å²) in [5.74, 6) is 0.311. The molecule has 1 unspecified atom stereocenters. The van der Waals surface area contributed by atoms with Crippen molar-refractivity contribution >= 4 is 5.91 Å². The fraction of sp³-hybridized carbons (Fsp3) is 0.714. The number of rotatable bonds is 3. The fourth-order valence-electron chi connectivity index (χ4n) is 3.14. The number of aromatic nitrogens is 2. The van der Waals surface area contributed by atoms with Crippen molar-refractivity contribution < 1.29 is 4.79 Å². The number of amides is 1. The van der Waals surface area contributed by atoms with E-state index in [0.29, 0.717) is 5.91 Å². The molecule has 3 rings (SSSR count). The predicted molar refractivity (Wildman–Crippen MR) is 76.1 cm³/mol. The van der Waals surface area contributed by atoms with Crippen LogP contribution < -0.4 is 5.32 Å². The van der Waals surface area contributed by atoms with Gasteiger partial charge in [0, 0.05) is 46.0 Å². The van der Waals surface area contributed by atoms with Gasteiger partial charge < -0.3 is 14.8 Å². The number of carbonyl (C=O) groups is 1. The van der Waals surface area contributed by atoms with Crippen molar-refractivity contribution in [1.82, 2.24) is 24.7 Å². The lowest BCUT2D eigenvalue weighted by Gasteiger charge is -2.32. The van der Waals surface area contributed by atoms with Crippen LogP contribution in [0.25, 0.3) is 0 Å². The van der Waals surface area contributed by atoms with Crippen LogP contribution in [-0.4, -0.2) is 64.0 Å². The van der Waals surface area contributed by atoms with E-state index < -0.39 is 0 Å². The van der Waals surface area contributed by atoms with Crippen molar-refractivity contribution in [3.8, 4) is 0 Å². The Kier molecular flexibility index (Phi) is 4.03. The number of likely N-dealkylation sites (tertiary alicyclic amines) is 1. The zero-order valence-electron chi connectivity index (χ0n) is 12.1. The Labute approximate surface area is 119 Å². The van der Waals surface area contributed by atoms with Crippen molar-refractivity contribution in [3.63, 3.8) is 0 Å². The number of piperazine rings is 1. The Bertz CT molecular complexity index is 466. The molecule has 2 fully saturated rings. The van der Waals surface area contributed by atoms with Gasteiger partial charge in [-0.25, -0.2) is 4.98 Å². The highest BCUT2D eigenvalue weighted by atomic mass is 16.2. The second-order valence-electron chi connectivity index (χ2n) is 5.70. The number of hydrogen-bond donors (Lipinski definition) is 1. The SMILES string of the molecule is Cn1cncc1CN1CCCC1C(=O)N1CCNCC1. The molecule has 2 aliphatic rings. The summed E-state index contributed by atoms with van der Waals surface area (Å²) < 4.78 is 2.03. The number of nitrogens with one attached hydrogen (secondary N) is 1. The van der Waals surface area contributed by atoms with Crippen LogP contribution >= 0.6 is 0 Å². The standard InChI is InChI=1S/C14H23N5O/c1-17-11-16-9-12(17)10-19-6-2-3-13(19)14(20)18-7-4-15-5-8-18/h9,11,13,15H,2-8,10H2,1H3. The summed E-state index contributed by atoms with van der Waals surface area (Å²) in [7, 11) is 2.01. The average Bonchev–Trinajstić information content (AvgIpc) is 3.09. The third kappa shape index (κ3) is 2.71. The second-order valence-corrected chi connectivity index (χ2v) is 5.70. The molecule has 6 heteroatoms. The van der Waals surface area contributed by atoms with Gasteiger partial charge in [-0.1, -0.05) is 0 Å². The van der Waals surface area contributed by atoms with Crippen molar-refractivity contribution in [3.05, 3.63) is 18.2 Å². The minimum Gasteiger partial charge on any atom is -0.339 e. The summed E-state index contributed by atoms with van der Waals surface area (Å²) >= 11 is 0. The topological polar surface area (TPSA) is 53.4 Å². The van der Waals surface area contributed by atoms with E-state index in [2.05, 4.69) is 15.2 Å². The van der Waals surface area contributed by atoms with E-state index in [4.69, 9.17) is 0 Å². The van der Waals surface area contributed by atoms with Gasteiger partial charge in [0.1, 0.15) is 0 Å². The normalized spacial score (nSPS) is 24.2. The van der Waals surface area contributed by atoms with Crippen LogP contribution in [0.4, 0.5) is 0 Å². The molecule has 0 spiro atoms. The number of aryl methyl sites for hydroxylation is 1. The summed E-state index contributed by atoms with van der Waals surface area (Å²) in [6.07, 6.45) is 5.81. The van der Waals surface area contributed by atoms with Gasteiger partial charge in [0.2, 0.25) is 5.91 Å². The lowest BCUT2D eigenvalue weighted by molar-refractivity contribution is -0.136. The molecule has 1 aromatic heterocycles. The van der Waals surface area contributed by atoms with Crippen molar-refractivity contribution in [1.29, 1.82) is 0 Å².